The maximum atomic E-state index is 12.9. The number of ether oxygens (including phenoxy) is 2. The SMILES string of the molecule is CCOC(=O)/C=C1\CC(C)(C)CC(=O)N1Cc1ccc(-c2ccccc2C(=O)OC)cc1. The van der Waals surface area contributed by atoms with Crippen molar-refractivity contribution >= 4 is 17.8 Å². The van der Waals surface area contributed by atoms with Crippen LogP contribution < -0.4 is 0 Å². The summed E-state index contributed by atoms with van der Waals surface area (Å²) in [5.74, 6) is -0.843. The zero-order chi connectivity index (χ0) is 23.3. The van der Waals surface area contributed by atoms with Gasteiger partial charge in [-0.15, -0.1) is 0 Å². The molecule has 0 atom stereocenters. The summed E-state index contributed by atoms with van der Waals surface area (Å²) in [6, 6.07) is 15.0. The molecule has 1 fully saturated rings. The van der Waals surface area contributed by atoms with E-state index >= 15 is 0 Å². The molecule has 6 heteroatoms. The van der Waals surface area contributed by atoms with Crippen LogP contribution in [-0.4, -0.2) is 36.5 Å². The predicted molar refractivity (Wildman–Crippen MR) is 121 cm³/mol. The summed E-state index contributed by atoms with van der Waals surface area (Å²) in [4.78, 5) is 38.7. The third-order valence-electron chi connectivity index (χ3n) is 5.45. The fraction of sp³-hybridized carbons (Fsp3) is 0.346. The van der Waals surface area contributed by atoms with Crippen molar-refractivity contribution in [3.05, 3.63) is 71.4 Å². The Labute approximate surface area is 188 Å². The molecule has 6 nitrogen and oxygen atoms in total. The molecule has 0 bridgehead atoms. The van der Waals surface area contributed by atoms with Gasteiger partial charge in [-0.1, -0.05) is 56.3 Å². The van der Waals surface area contributed by atoms with Gasteiger partial charge >= 0.3 is 11.9 Å². The van der Waals surface area contributed by atoms with Gasteiger partial charge in [0.15, 0.2) is 0 Å². The van der Waals surface area contributed by atoms with Crippen molar-refractivity contribution in [2.45, 2.75) is 40.2 Å². The number of esters is 2. The lowest BCUT2D eigenvalue weighted by molar-refractivity contribution is -0.137. The van der Waals surface area contributed by atoms with Crippen molar-refractivity contribution in [1.82, 2.24) is 4.90 Å². The van der Waals surface area contributed by atoms with E-state index in [4.69, 9.17) is 9.47 Å². The maximum absolute atomic E-state index is 12.9. The zero-order valence-corrected chi connectivity index (χ0v) is 19.0. The van der Waals surface area contributed by atoms with Crippen molar-refractivity contribution in [3.8, 4) is 11.1 Å². The van der Waals surface area contributed by atoms with Crippen LogP contribution in [0.5, 0.6) is 0 Å². The van der Waals surface area contributed by atoms with Crippen LogP contribution in [0.15, 0.2) is 60.3 Å². The van der Waals surface area contributed by atoms with E-state index < -0.39 is 5.97 Å². The van der Waals surface area contributed by atoms with Gasteiger partial charge in [0.25, 0.3) is 0 Å². The first kappa shape index (κ1) is 23.3. The molecule has 1 saturated heterocycles. The fourth-order valence-electron chi connectivity index (χ4n) is 3.95. The molecule has 2 aromatic carbocycles. The van der Waals surface area contributed by atoms with Crippen LogP contribution >= 0.6 is 0 Å². The number of piperidine rings is 1. The molecule has 1 aliphatic rings. The summed E-state index contributed by atoms with van der Waals surface area (Å²) in [7, 11) is 1.36. The topological polar surface area (TPSA) is 72.9 Å². The molecule has 0 saturated carbocycles. The normalized spacial score (nSPS) is 16.7. The monoisotopic (exact) mass is 435 g/mol. The summed E-state index contributed by atoms with van der Waals surface area (Å²) in [5, 5.41) is 0. The van der Waals surface area contributed by atoms with E-state index in [1.165, 1.54) is 13.2 Å². The molecular formula is C26H29NO5. The smallest absolute Gasteiger partial charge is 0.338 e. The molecule has 1 aliphatic heterocycles. The second-order valence-corrected chi connectivity index (χ2v) is 8.62. The van der Waals surface area contributed by atoms with Crippen LogP contribution in [0, 0.1) is 5.41 Å². The van der Waals surface area contributed by atoms with Crippen LogP contribution in [0.25, 0.3) is 11.1 Å². The Hall–Kier alpha value is -3.41. The van der Waals surface area contributed by atoms with E-state index in [-0.39, 0.29) is 23.9 Å². The average Bonchev–Trinajstić information content (AvgIpc) is 2.75. The minimum absolute atomic E-state index is 0.0167. The Kier molecular flexibility index (Phi) is 7.13. The summed E-state index contributed by atoms with van der Waals surface area (Å²) in [6.07, 6.45) is 2.46. The van der Waals surface area contributed by atoms with Crippen LogP contribution in [0.3, 0.4) is 0 Å². The minimum atomic E-state index is -0.437. The number of likely N-dealkylation sites (tertiary alicyclic amines) is 1. The second kappa shape index (κ2) is 9.81. The van der Waals surface area contributed by atoms with Crippen LogP contribution in [0.2, 0.25) is 0 Å². The van der Waals surface area contributed by atoms with Gasteiger partial charge in [-0.3, -0.25) is 4.79 Å². The first-order valence-corrected chi connectivity index (χ1v) is 10.7. The van der Waals surface area contributed by atoms with Gasteiger partial charge < -0.3 is 14.4 Å². The van der Waals surface area contributed by atoms with E-state index in [2.05, 4.69) is 0 Å². The number of amides is 1. The Morgan fingerprint density at radius 3 is 2.41 bits per heavy atom. The highest BCUT2D eigenvalue weighted by atomic mass is 16.5. The Morgan fingerprint density at radius 1 is 1.06 bits per heavy atom. The maximum Gasteiger partial charge on any atom is 0.338 e. The number of hydrogen-bond acceptors (Lipinski definition) is 5. The molecule has 2 aromatic rings. The Balaban J connectivity index is 1.86. The Morgan fingerprint density at radius 2 is 1.75 bits per heavy atom. The summed E-state index contributed by atoms with van der Waals surface area (Å²) in [6.45, 7) is 6.45. The quantitative estimate of drug-likeness (QED) is 0.484. The van der Waals surface area contributed by atoms with Crippen LogP contribution in [0.4, 0.5) is 0 Å². The average molecular weight is 436 g/mol. The number of methoxy groups -OCH3 is 1. The predicted octanol–water partition coefficient (Wildman–Crippen LogP) is 4.74. The Bertz CT molecular complexity index is 1040. The lowest BCUT2D eigenvalue weighted by Gasteiger charge is -2.38. The van der Waals surface area contributed by atoms with Crippen molar-refractivity contribution in [2.75, 3.05) is 13.7 Å². The molecule has 0 N–H and O–H groups in total. The highest BCUT2D eigenvalue weighted by Crippen LogP contribution is 2.37. The second-order valence-electron chi connectivity index (χ2n) is 8.62. The first-order valence-electron chi connectivity index (χ1n) is 10.7. The van der Waals surface area contributed by atoms with Crippen LogP contribution in [0.1, 0.15) is 49.5 Å². The molecule has 3 rings (SSSR count). The van der Waals surface area contributed by atoms with E-state index in [0.29, 0.717) is 30.6 Å². The minimum Gasteiger partial charge on any atom is -0.465 e. The largest absolute Gasteiger partial charge is 0.465 e. The van der Waals surface area contributed by atoms with Crippen LogP contribution in [-0.2, 0) is 25.6 Å². The highest BCUT2D eigenvalue weighted by molar-refractivity contribution is 5.97. The van der Waals surface area contributed by atoms with Crippen molar-refractivity contribution in [2.24, 2.45) is 5.41 Å². The third kappa shape index (κ3) is 5.44. The summed E-state index contributed by atoms with van der Waals surface area (Å²) in [5.41, 5.74) is 3.54. The number of benzene rings is 2. The lowest BCUT2D eigenvalue weighted by atomic mass is 9.80. The number of nitrogens with zero attached hydrogens (tertiary/aromatic N) is 1. The first-order chi connectivity index (χ1) is 15.2. The van der Waals surface area contributed by atoms with E-state index in [9.17, 15) is 14.4 Å². The van der Waals surface area contributed by atoms with Crippen molar-refractivity contribution < 1.29 is 23.9 Å². The van der Waals surface area contributed by atoms with Gasteiger partial charge in [-0.2, -0.15) is 0 Å². The van der Waals surface area contributed by atoms with Gasteiger partial charge in [0.1, 0.15) is 0 Å². The molecule has 32 heavy (non-hydrogen) atoms. The van der Waals surface area contributed by atoms with Gasteiger partial charge in [0.05, 0.1) is 25.8 Å². The number of hydrogen-bond donors (Lipinski definition) is 0. The zero-order valence-electron chi connectivity index (χ0n) is 19.0. The molecule has 0 radical (unpaired) electrons. The van der Waals surface area contributed by atoms with Crippen molar-refractivity contribution in [1.29, 1.82) is 0 Å². The number of carbonyl (C=O) groups excluding carboxylic acids is 3. The van der Waals surface area contributed by atoms with Gasteiger partial charge in [-0.05, 0) is 41.5 Å². The molecular weight excluding hydrogens is 406 g/mol. The molecule has 1 heterocycles. The molecule has 0 aromatic heterocycles. The molecule has 1 amide bonds. The third-order valence-corrected chi connectivity index (χ3v) is 5.45. The van der Waals surface area contributed by atoms with Gasteiger partial charge in [-0.25, -0.2) is 9.59 Å². The number of carbonyl (C=O) groups is 3. The van der Waals surface area contributed by atoms with Gasteiger partial charge in [0.2, 0.25) is 5.91 Å². The fourth-order valence-corrected chi connectivity index (χ4v) is 3.95. The molecule has 0 aliphatic carbocycles. The summed E-state index contributed by atoms with van der Waals surface area (Å²) < 4.78 is 9.94. The van der Waals surface area contributed by atoms with E-state index in [1.54, 1.807) is 24.0 Å². The number of allylic oxidation sites excluding steroid dienone is 1. The molecule has 168 valence electrons. The molecule has 0 spiro atoms. The number of rotatable bonds is 6. The lowest BCUT2D eigenvalue weighted by Crippen LogP contribution is -2.40. The molecule has 0 unspecified atom stereocenters. The highest BCUT2D eigenvalue weighted by Gasteiger charge is 2.35. The van der Waals surface area contributed by atoms with E-state index in [1.807, 2.05) is 50.2 Å². The van der Waals surface area contributed by atoms with Gasteiger partial charge in [0, 0.05) is 18.2 Å². The van der Waals surface area contributed by atoms with Crippen molar-refractivity contribution in [3.63, 3.8) is 0 Å². The van der Waals surface area contributed by atoms with E-state index in [0.717, 1.165) is 16.7 Å². The summed E-state index contributed by atoms with van der Waals surface area (Å²) >= 11 is 0. The standard InChI is InChI=1S/C26H29NO5/c1-5-32-24(29)14-20-15-26(2,3)16-23(28)27(20)17-18-10-12-19(13-11-18)21-8-6-7-9-22(21)25(30)31-4/h6-14H,5,15-17H2,1-4H3/b20-14+.